The van der Waals surface area contributed by atoms with Crippen LogP contribution in [0.25, 0.3) is 10.9 Å². The summed E-state index contributed by atoms with van der Waals surface area (Å²) >= 11 is 0. The second-order valence-corrected chi connectivity index (χ2v) is 9.69. The number of fused-ring (bicyclic) bond motifs is 5. The Morgan fingerprint density at radius 3 is 2.74 bits per heavy atom. The predicted octanol–water partition coefficient (Wildman–Crippen LogP) is 2.15. The fourth-order valence-corrected chi connectivity index (χ4v) is 6.34. The summed E-state index contributed by atoms with van der Waals surface area (Å²) in [7, 11) is -0.811. The zero-order valence-electron chi connectivity index (χ0n) is 17.2. The van der Waals surface area contributed by atoms with E-state index in [0.717, 1.165) is 16.5 Å². The molecule has 1 aliphatic heterocycles. The highest BCUT2D eigenvalue weighted by Gasteiger charge is 2.49. The van der Waals surface area contributed by atoms with E-state index in [9.17, 15) is 13.2 Å². The van der Waals surface area contributed by atoms with Crippen molar-refractivity contribution in [3.05, 3.63) is 59.3 Å². The fraction of sp³-hybridized carbons (Fsp3) is 0.318. The number of methoxy groups -OCH3 is 2. The molecule has 2 atom stereocenters. The van der Waals surface area contributed by atoms with Crippen LogP contribution < -0.4 is 15.2 Å². The molecule has 0 radical (unpaired) electrons. The minimum absolute atomic E-state index is 0.174. The highest BCUT2D eigenvalue weighted by atomic mass is 32.2. The first kappa shape index (κ1) is 20.0. The Labute approximate surface area is 180 Å². The van der Waals surface area contributed by atoms with Gasteiger partial charge in [0, 0.05) is 25.1 Å². The van der Waals surface area contributed by atoms with Gasteiger partial charge in [0.15, 0.2) is 5.72 Å². The van der Waals surface area contributed by atoms with Crippen molar-refractivity contribution in [3.63, 3.8) is 0 Å². The molecule has 0 saturated heterocycles. The lowest BCUT2D eigenvalue weighted by Crippen LogP contribution is -2.51. The molecule has 0 saturated carbocycles. The highest BCUT2D eigenvalue weighted by Crippen LogP contribution is 2.48. The molecule has 5 rings (SSSR count). The topological polar surface area (TPSA) is 113 Å². The third kappa shape index (κ3) is 2.88. The summed E-state index contributed by atoms with van der Waals surface area (Å²) in [6.45, 7) is 0.403. The molecule has 2 unspecified atom stereocenters. The van der Waals surface area contributed by atoms with E-state index in [1.165, 1.54) is 7.11 Å². The monoisotopic (exact) mass is 441 g/mol. The van der Waals surface area contributed by atoms with Gasteiger partial charge in [-0.15, -0.1) is 0 Å². The van der Waals surface area contributed by atoms with Crippen LogP contribution in [0.2, 0.25) is 0 Å². The van der Waals surface area contributed by atoms with Gasteiger partial charge in [-0.25, -0.2) is 8.42 Å². The Bertz CT molecular complexity index is 1330. The first-order valence-corrected chi connectivity index (χ1v) is 11.5. The molecule has 0 fully saturated rings. The molecule has 2 aliphatic rings. The van der Waals surface area contributed by atoms with Gasteiger partial charge in [0.2, 0.25) is 15.9 Å². The number of nitrogens with zero attached hydrogens (tertiary/aromatic N) is 1. The van der Waals surface area contributed by atoms with Crippen molar-refractivity contribution in [3.8, 4) is 5.75 Å². The van der Waals surface area contributed by atoms with Crippen molar-refractivity contribution in [1.82, 2.24) is 9.29 Å². The SMILES string of the molecule is COc1ccc2c3c4n(c2c1)Cc1cccc(c1)S(=O)(=O)NC4(OC)CCC3C(N)=O. The summed E-state index contributed by atoms with van der Waals surface area (Å²) in [5.74, 6) is -0.339. The van der Waals surface area contributed by atoms with Crippen molar-refractivity contribution < 1.29 is 22.7 Å². The van der Waals surface area contributed by atoms with E-state index in [1.807, 2.05) is 28.8 Å². The van der Waals surface area contributed by atoms with Gasteiger partial charge < -0.3 is 19.8 Å². The smallest absolute Gasteiger partial charge is 0.243 e. The Morgan fingerprint density at radius 2 is 2.03 bits per heavy atom. The van der Waals surface area contributed by atoms with Crippen LogP contribution in [0.15, 0.2) is 47.4 Å². The van der Waals surface area contributed by atoms with Crippen LogP contribution in [-0.2, 0) is 31.8 Å². The predicted molar refractivity (Wildman–Crippen MR) is 114 cm³/mol. The maximum Gasteiger partial charge on any atom is 0.243 e. The average Bonchev–Trinajstić information content (AvgIpc) is 3.08. The molecular formula is C22H23N3O5S. The van der Waals surface area contributed by atoms with Gasteiger partial charge in [0.05, 0.1) is 29.1 Å². The molecular weight excluding hydrogens is 418 g/mol. The normalized spacial score (nSPS) is 24.0. The van der Waals surface area contributed by atoms with Gasteiger partial charge in [-0.2, -0.15) is 4.72 Å². The molecule has 2 bridgehead atoms. The van der Waals surface area contributed by atoms with Gasteiger partial charge in [-0.1, -0.05) is 12.1 Å². The number of ether oxygens (including phenoxy) is 2. The molecule has 3 aromatic rings. The molecule has 1 aromatic heterocycles. The summed E-state index contributed by atoms with van der Waals surface area (Å²) in [6.07, 6.45) is 0.633. The number of amides is 1. The number of sulfonamides is 1. The Balaban J connectivity index is 1.94. The Hall–Kier alpha value is -2.88. The second-order valence-electron chi connectivity index (χ2n) is 8.01. The molecule has 162 valence electrons. The second kappa shape index (κ2) is 6.81. The molecule has 1 amide bonds. The van der Waals surface area contributed by atoms with Gasteiger partial charge in [-0.3, -0.25) is 4.79 Å². The summed E-state index contributed by atoms with van der Waals surface area (Å²) in [5, 5.41) is 0.830. The van der Waals surface area contributed by atoms with Crippen LogP contribution in [0.1, 0.15) is 35.6 Å². The lowest BCUT2D eigenvalue weighted by molar-refractivity contribution is -0.121. The number of nitrogens with one attached hydrogen (secondary N) is 1. The number of primary amides is 1. The number of benzene rings is 2. The molecule has 1 aliphatic carbocycles. The minimum atomic E-state index is -3.88. The first-order chi connectivity index (χ1) is 14.8. The third-order valence-electron chi connectivity index (χ3n) is 6.37. The Morgan fingerprint density at radius 1 is 1.23 bits per heavy atom. The zero-order valence-corrected chi connectivity index (χ0v) is 18.0. The van der Waals surface area contributed by atoms with E-state index in [2.05, 4.69) is 4.72 Å². The minimum Gasteiger partial charge on any atom is -0.497 e. The van der Waals surface area contributed by atoms with Crippen LogP contribution in [0.4, 0.5) is 0 Å². The standard InChI is InChI=1S/C22H23N3O5S/c1-29-14-6-7-16-18(11-14)25-12-13-4-3-5-15(10-13)31(27,28)24-22(30-2)9-8-17(21(23)26)19(16)20(22)25/h3-7,10-11,17,24H,8-9,12H2,1-2H3,(H2,23,26). The Kier molecular flexibility index (Phi) is 4.40. The molecule has 8 nitrogen and oxygen atoms in total. The molecule has 2 heterocycles. The largest absolute Gasteiger partial charge is 0.497 e. The summed E-state index contributed by atoms with van der Waals surface area (Å²) in [4.78, 5) is 12.6. The number of hydrogen-bond acceptors (Lipinski definition) is 5. The number of rotatable bonds is 3. The maximum absolute atomic E-state index is 13.3. The van der Waals surface area contributed by atoms with Gasteiger partial charge in [0.25, 0.3) is 0 Å². The van der Waals surface area contributed by atoms with E-state index in [-0.39, 0.29) is 11.3 Å². The van der Waals surface area contributed by atoms with Crippen molar-refractivity contribution in [1.29, 1.82) is 0 Å². The number of carbonyl (C=O) groups is 1. The van der Waals surface area contributed by atoms with Gasteiger partial charge in [0.1, 0.15) is 5.75 Å². The van der Waals surface area contributed by atoms with Crippen molar-refractivity contribution >= 4 is 26.8 Å². The highest BCUT2D eigenvalue weighted by molar-refractivity contribution is 7.89. The van der Waals surface area contributed by atoms with E-state index in [0.29, 0.717) is 30.0 Å². The molecule has 9 heteroatoms. The van der Waals surface area contributed by atoms with Crippen molar-refractivity contribution in [2.45, 2.75) is 35.9 Å². The quantitative estimate of drug-likeness (QED) is 0.647. The summed E-state index contributed by atoms with van der Waals surface area (Å²) < 4.78 is 42.7. The van der Waals surface area contributed by atoms with Crippen molar-refractivity contribution in [2.75, 3.05) is 14.2 Å². The van der Waals surface area contributed by atoms with Gasteiger partial charge in [-0.05, 0) is 48.2 Å². The first-order valence-electron chi connectivity index (χ1n) is 9.97. The van der Waals surface area contributed by atoms with Crippen LogP contribution in [0.3, 0.4) is 0 Å². The molecule has 0 spiro atoms. The van der Waals surface area contributed by atoms with E-state index < -0.39 is 27.6 Å². The van der Waals surface area contributed by atoms with Crippen LogP contribution >= 0.6 is 0 Å². The van der Waals surface area contributed by atoms with Crippen LogP contribution in [0, 0.1) is 0 Å². The average molecular weight is 442 g/mol. The molecule has 31 heavy (non-hydrogen) atoms. The van der Waals surface area contributed by atoms with E-state index in [4.69, 9.17) is 15.2 Å². The maximum atomic E-state index is 13.3. The lowest BCUT2D eigenvalue weighted by atomic mass is 9.80. The number of nitrogens with two attached hydrogens (primary N) is 1. The van der Waals surface area contributed by atoms with Crippen LogP contribution in [-0.4, -0.2) is 33.1 Å². The number of aromatic nitrogens is 1. The van der Waals surface area contributed by atoms with Crippen molar-refractivity contribution in [2.24, 2.45) is 5.73 Å². The van der Waals surface area contributed by atoms with Crippen LogP contribution in [0.5, 0.6) is 5.75 Å². The lowest BCUT2D eigenvalue weighted by Gasteiger charge is -2.39. The zero-order chi connectivity index (χ0) is 22.0. The number of hydrogen-bond donors (Lipinski definition) is 2. The summed E-state index contributed by atoms with van der Waals surface area (Å²) in [5.41, 5.74) is 7.41. The molecule has 2 aromatic carbocycles. The van der Waals surface area contributed by atoms with Gasteiger partial charge >= 0.3 is 0 Å². The fourth-order valence-electron chi connectivity index (χ4n) is 4.94. The molecule has 3 N–H and O–H groups in total. The van der Waals surface area contributed by atoms with E-state index in [1.54, 1.807) is 25.3 Å². The number of carbonyl (C=O) groups excluding carboxylic acids is 1. The third-order valence-corrected chi connectivity index (χ3v) is 7.84. The van der Waals surface area contributed by atoms with E-state index >= 15 is 0 Å². The summed E-state index contributed by atoms with van der Waals surface area (Å²) in [6, 6.07) is 12.4.